The molecule has 4 aromatic rings. The fourth-order valence-electron chi connectivity index (χ4n) is 2.85. The van der Waals surface area contributed by atoms with Crippen molar-refractivity contribution in [3.05, 3.63) is 58.5 Å². The number of fused-ring (bicyclic) bond motifs is 1. The van der Waals surface area contributed by atoms with Gasteiger partial charge in [-0.05, 0) is 37.3 Å². The Morgan fingerprint density at radius 1 is 0.935 bits per heavy atom. The van der Waals surface area contributed by atoms with Gasteiger partial charge in [0.2, 0.25) is 24.5 Å². The average Bonchev–Trinajstić information content (AvgIpc) is 3.53. The fraction of sp³-hybridized carbons (Fsp3) is 0.158. The maximum atomic E-state index is 10.8. The van der Waals surface area contributed by atoms with E-state index in [4.69, 9.17) is 18.3 Å². The molecule has 0 spiro atoms. The molecular formula is C19H13N5O6S. The predicted molar refractivity (Wildman–Crippen MR) is 107 cm³/mol. The van der Waals surface area contributed by atoms with E-state index in [1.54, 1.807) is 24.3 Å². The normalized spacial score (nSPS) is 13.3. The number of nitro benzene ring substituents is 1. The number of hydrogen-bond donors (Lipinski definition) is 0. The van der Waals surface area contributed by atoms with Gasteiger partial charge in [0.1, 0.15) is 0 Å². The first-order chi connectivity index (χ1) is 15.1. The largest absolute Gasteiger partial charge is 0.454 e. The molecule has 0 N–H and O–H groups in total. The summed E-state index contributed by atoms with van der Waals surface area (Å²) >= 11 is 1.27. The van der Waals surface area contributed by atoms with Crippen molar-refractivity contribution < 1.29 is 23.2 Å². The Morgan fingerprint density at radius 3 is 2.45 bits per heavy atom. The van der Waals surface area contributed by atoms with Gasteiger partial charge in [0.15, 0.2) is 11.5 Å². The third-order valence-corrected chi connectivity index (χ3v) is 5.34. The number of aromatic nitrogens is 4. The molecule has 5 rings (SSSR count). The van der Waals surface area contributed by atoms with Crippen molar-refractivity contribution in [3.63, 3.8) is 0 Å². The van der Waals surface area contributed by atoms with Crippen LogP contribution in [0.5, 0.6) is 11.5 Å². The van der Waals surface area contributed by atoms with E-state index in [0.717, 1.165) is 5.56 Å². The summed E-state index contributed by atoms with van der Waals surface area (Å²) in [4.78, 5) is 10.3. The zero-order valence-corrected chi connectivity index (χ0v) is 16.7. The minimum absolute atomic E-state index is 0.0120. The number of rotatable bonds is 6. The first kappa shape index (κ1) is 19.1. The van der Waals surface area contributed by atoms with Crippen LogP contribution in [0.25, 0.3) is 22.9 Å². The monoisotopic (exact) mass is 439 g/mol. The van der Waals surface area contributed by atoms with Crippen LogP contribution >= 0.6 is 11.8 Å². The first-order valence-electron chi connectivity index (χ1n) is 9.05. The molecule has 0 saturated carbocycles. The van der Waals surface area contributed by atoms with Crippen LogP contribution in [-0.4, -0.2) is 32.1 Å². The number of nitro groups is 1. The second-order valence-corrected chi connectivity index (χ2v) is 7.74. The summed E-state index contributed by atoms with van der Waals surface area (Å²) in [6.45, 7) is 2.05. The fourth-order valence-corrected chi connectivity index (χ4v) is 3.56. The highest BCUT2D eigenvalue weighted by molar-refractivity contribution is 7.99. The Morgan fingerprint density at radius 2 is 1.65 bits per heavy atom. The van der Waals surface area contributed by atoms with Crippen molar-refractivity contribution in [1.82, 2.24) is 20.4 Å². The van der Waals surface area contributed by atoms with Gasteiger partial charge in [-0.2, -0.15) is 0 Å². The van der Waals surface area contributed by atoms with Gasteiger partial charge in [-0.25, -0.2) is 0 Å². The molecule has 1 aliphatic heterocycles. The first-order valence-corrected chi connectivity index (χ1v) is 9.93. The highest BCUT2D eigenvalue weighted by Gasteiger charge is 2.21. The van der Waals surface area contributed by atoms with Gasteiger partial charge in [0.05, 0.1) is 10.2 Å². The van der Waals surface area contributed by atoms with E-state index in [1.807, 2.05) is 13.0 Å². The standard InChI is InChI=1S/C19H13N5O6S/c1-10(16-20-21-17(29-16)11-2-5-13(6-3-11)24(25)26)31-19-23-22-18(30-19)12-4-7-14-15(8-12)28-9-27-14/h2-8,10H,9H2,1H3. The molecule has 0 aliphatic carbocycles. The number of ether oxygens (including phenoxy) is 2. The molecule has 3 heterocycles. The molecule has 12 heteroatoms. The SMILES string of the molecule is CC(Sc1nnc(-c2ccc3c(c2)OCO3)o1)c1nnc(-c2ccc([N+](=O)[O-])cc2)o1. The van der Waals surface area contributed by atoms with E-state index in [0.29, 0.717) is 34.1 Å². The third-order valence-electron chi connectivity index (χ3n) is 4.42. The van der Waals surface area contributed by atoms with Crippen molar-refractivity contribution in [3.8, 4) is 34.4 Å². The summed E-state index contributed by atoms with van der Waals surface area (Å²) in [5.74, 6) is 2.28. The lowest BCUT2D eigenvalue weighted by Crippen LogP contribution is -1.92. The number of hydrogen-bond acceptors (Lipinski definition) is 11. The Kier molecular flexibility index (Phi) is 4.75. The Labute approximate surface area is 178 Å². The van der Waals surface area contributed by atoms with E-state index < -0.39 is 4.92 Å². The van der Waals surface area contributed by atoms with E-state index in [2.05, 4.69) is 20.4 Å². The van der Waals surface area contributed by atoms with Gasteiger partial charge >= 0.3 is 0 Å². The lowest BCUT2D eigenvalue weighted by atomic mass is 10.2. The molecule has 0 amide bonds. The van der Waals surface area contributed by atoms with Crippen LogP contribution in [0.4, 0.5) is 5.69 Å². The minimum Gasteiger partial charge on any atom is -0.454 e. The van der Waals surface area contributed by atoms with Gasteiger partial charge in [-0.3, -0.25) is 10.1 Å². The summed E-state index contributed by atoms with van der Waals surface area (Å²) in [6.07, 6.45) is 0. The molecule has 11 nitrogen and oxygen atoms in total. The van der Waals surface area contributed by atoms with E-state index in [9.17, 15) is 10.1 Å². The second-order valence-electron chi connectivity index (χ2n) is 6.45. The van der Waals surface area contributed by atoms with Gasteiger partial charge in [-0.1, -0.05) is 11.8 Å². The Hall–Kier alpha value is -3.93. The lowest BCUT2D eigenvalue weighted by Gasteiger charge is -2.02. The Bertz CT molecular complexity index is 1250. The van der Waals surface area contributed by atoms with E-state index in [1.165, 1.54) is 23.9 Å². The number of benzene rings is 2. The third kappa shape index (κ3) is 3.80. The molecule has 1 atom stereocenters. The van der Waals surface area contributed by atoms with Gasteiger partial charge < -0.3 is 18.3 Å². The highest BCUT2D eigenvalue weighted by atomic mass is 32.2. The zero-order valence-electron chi connectivity index (χ0n) is 15.9. The molecule has 1 aliphatic rings. The lowest BCUT2D eigenvalue weighted by molar-refractivity contribution is -0.384. The number of nitrogens with zero attached hydrogens (tertiary/aromatic N) is 5. The van der Waals surface area contributed by atoms with Crippen molar-refractivity contribution in [1.29, 1.82) is 0 Å². The molecule has 0 bridgehead atoms. The summed E-state index contributed by atoms with van der Waals surface area (Å²) in [7, 11) is 0. The molecule has 2 aromatic heterocycles. The van der Waals surface area contributed by atoms with Gasteiger partial charge in [0.25, 0.3) is 10.9 Å². The van der Waals surface area contributed by atoms with Crippen LogP contribution in [0.15, 0.2) is 56.5 Å². The average molecular weight is 439 g/mol. The van der Waals surface area contributed by atoms with Crippen LogP contribution in [0.1, 0.15) is 18.1 Å². The molecule has 1 unspecified atom stereocenters. The van der Waals surface area contributed by atoms with Gasteiger partial charge in [-0.15, -0.1) is 20.4 Å². The smallest absolute Gasteiger partial charge is 0.277 e. The second kappa shape index (κ2) is 7.72. The molecule has 156 valence electrons. The number of non-ortho nitro benzene ring substituents is 1. The molecular weight excluding hydrogens is 426 g/mol. The maximum Gasteiger partial charge on any atom is 0.277 e. The van der Waals surface area contributed by atoms with Crippen molar-refractivity contribution >= 4 is 17.4 Å². The predicted octanol–water partition coefficient (Wildman–Crippen LogP) is 4.28. The maximum absolute atomic E-state index is 10.8. The molecule has 2 aromatic carbocycles. The summed E-state index contributed by atoms with van der Waals surface area (Å²) in [5.41, 5.74) is 1.29. The molecule has 0 saturated heterocycles. The summed E-state index contributed by atoms with van der Waals surface area (Å²) < 4.78 is 22.1. The van der Waals surface area contributed by atoms with Crippen molar-refractivity contribution in [2.45, 2.75) is 17.4 Å². The van der Waals surface area contributed by atoms with Crippen molar-refractivity contribution in [2.24, 2.45) is 0 Å². The van der Waals surface area contributed by atoms with Crippen LogP contribution in [0, 0.1) is 10.1 Å². The van der Waals surface area contributed by atoms with Crippen molar-refractivity contribution in [2.75, 3.05) is 6.79 Å². The van der Waals surface area contributed by atoms with Crippen LogP contribution in [-0.2, 0) is 0 Å². The highest BCUT2D eigenvalue weighted by Crippen LogP contribution is 2.38. The Balaban J connectivity index is 1.29. The molecule has 0 fully saturated rings. The van der Waals surface area contributed by atoms with Crippen LogP contribution in [0.2, 0.25) is 0 Å². The number of thioether (sulfide) groups is 1. The summed E-state index contributed by atoms with van der Waals surface area (Å²) in [5, 5.41) is 27.1. The molecule has 0 radical (unpaired) electrons. The topological polar surface area (TPSA) is 139 Å². The van der Waals surface area contributed by atoms with E-state index in [-0.39, 0.29) is 23.6 Å². The molecule has 31 heavy (non-hydrogen) atoms. The summed E-state index contributed by atoms with van der Waals surface area (Å²) in [6, 6.07) is 11.3. The van der Waals surface area contributed by atoms with Crippen LogP contribution < -0.4 is 9.47 Å². The quantitative estimate of drug-likeness (QED) is 0.241. The van der Waals surface area contributed by atoms with E-state index >= 15 is 0 Å². The zero-order chi connectivity index (χ0) is 21.4. The minimum atomic E-state index is -0.468. The van der Waals surface area contributed by atoms with Crippen LogP contribution in [0.3, 0.4) is 0 Å². The van der Waals surface area contributed by atoms with Gasteiger partial charge in [0, 0.05) is 23.3 Å².